The van der Waals surface area contributed by atoms with Gasteiger partial charge in [-0.15, -0.1) is 0 Å². The Labute approximate surface area is 125 Å². The molecule has 2 N–H and O–H groups in total. The van der Waals surface area contributed by atoms with Gasteiger partial charge < -0.3 is 10.1 Å². The van der Waals surface area contributed by atoms with Gasteiger partial charge in [-0.25, -0.2) is 9.59 Å². The lowest BCUT2D eigenvalue weighted by molar-refractivity contribution is 0.0689. The van der Waals surface area contributed by atoms with Crippen LogP contribution in [-0.4, -0.2) is 30.4 Å². The molecule has 22 heavy (non-hydrogen) atoms. The minimum Gasteiger partial charge on any atom is -0.476 e. The molecule has 0 saturated heterocycles. The van der Waals surface area contributed by atoms with E-state index in [1.807, 2.05) is 31.2 Å². The number of nitrogens with zero attached hydrogens (tertiary/aromatic N) is 3. The molecule has 112 valence electrons. The summed E-state index contributed by atoms with van der Waals surface area (Å²) >= 11 is 0. The number of benzene rings is 1. The zero-order valence-electron chi connectivity index (χ0n) is 12.1. The largest absolute Gasteiger partial charge is 0.476 e. The maximum atomic E-state index is 12.0. The number of aromatic nitrogens is 4. The molecule has 0 atom stereocenters. The third kappa shape index (κ3) is 2.12. The number of nitrogens with one attached hydrogen (secondary N) is 1. The minimum absolute atomic E-state index is 0.0366. The molecule has 0 bridgehead atoms. The highest BCUT2D eigenvalue weighted by Crippen LogP contribution is 2.27. The van der Waals surface area contributed by atoms with Gasteiger partial charge >= 0.3 is 11.7 Å². The van der Waals surface area contributed by atoms with Crippen LogP contribution in [0.15, 0.2) is 41.3 Å². The van der Waals surface area contributed by atoms with Crippen LogP contribution in [0.3, 0.4) is 0 Å². The number of hydrogen-bond acceptors (Lipinski definition) is 3. The van der Waals surface area contributed by atoms with Crippen molar-refractivity contribution in [2.45, 2.75) is 6.92 Å². The third-order valence-electron chi connectivity index (χ3n) is 3.48. The number of aryl methyl sites for hydroxylation is 2. The topological polar surface area (TPSA) is 92.9 Å². The van der Waals surface area contributed by atoms with E-state index < -0.39 is 5.97 Å². The number of aromatic amines is 1. The van der Waals surface area contributed by atoms with Crippen molar-refractivity contribution in [1.82, 2.24) is 19.3 Å². The van der Waals surface area contributed by atoms with Gasteiger partial charge in [-0.05, 0) is 19.1 Å². The second kappa shape index (κ2) is 5.03. The van der Waals surface area contributed by atoms with Crippen molar-refractivity contribution in [2.75, 3.05) is 0 Å². The van der Waals surface area contributed by atoms with Crippen LogP contribution in [0, 0.1) is 6.92 Å². The van der Waals surface area contributed by atoms with E-state index in [1.54, 1.807) is 17.8 Å². The summed E-state index contributed by atoms with van der Waals surface area (Å²) < 4.78 is 3.04. The number of para-hydroxylation sites is 1. The van der Waals surface area contributed by atoms with E-state index in [0.29, 0.717) is 11.4 Å². The second-order valence-electron chi connectivity index (χ2n) is 4.93. The lowest BCUT2D eigenvalue weighted by atomic mass is 10.1. The maximum absolute atomic E-state index is 12.0. The molecule has 3 aromatic rings. The van der Waals surface area contributed by atoms with Crippen LogP contribution < -0.4 is 5.69 Å². The first-order valence-corrected chi connectivity index (χ1v) is 6.63. The van der Waals surface area contributed by atoms with Crippen LogP contribution in [0.5, 0.6) is 0 Å². The van der Waals surface area contributed by atoms with Gasteiger partial charge in [0, 0.05) is 24.5 Å². The van der Waals surface area contributed by atoms with Gasteiger partial charge in [-0.3, -0.25) is 9.25 Å². The fourth-order valence-corrected chi connectivity index (χ4v) is 2.46. The summed E-state index contributed by atoms with van der Waals surface area (Å²) in [5, 5.41) is 13.1. The second-order valence-corrected chi connectivity index (χ2v) is 4.93. The van der Waals surface area contributed by atoms with Gasteiger partial charge in [0.05, 0.1) is 11.4 Å². The SMILES string of the molecule is Cc1c[nH]c(=O)n1-c1ccccc1-c1cc(C(=O)O)nn1C. The van der Waals surface area contributed by atoms with Gasteiger partial charge in [0.2, 0.25) is 0 Å². The van der Waals surface area contributed by atoms with Crippen molar-refractivity contribution in [1.29, 1.82) is 0 Å². The van der Waals surface area contributed by atoms with E-state index in [1.165, 1.54) is 10.7 Å². The van der Waals surface area contributed by atoms with Gasteiger partial charge in [-0.2, -0.15) is 5.10 Å². The summed E-state index contributed by atoms with van der Waals surface area (Å²) in [5.41, 5.74) is 2.51. The minimum atomic E-state index is -1.09. The van der Waals surface area contributed by atoms with Crippen LogP contribution in [0.1, 0.15) is 16.2 Å². The van der Waals surface area contributed by atoms with Crippen molar-refractivity contribution in [3.8, 4) is 16.9 Å². The highest BCUT2D eigenvalue weighted by Gasteiger charge is 2.17. The van der Waals surface area contributed by atoms with Gasteiger partial charge in [0.1, 0.15) is 0 Å². The van der Waals surface area contributed by atoms with E-state index in [0.717, 1.165) is 11.3 Å². The number of carboxylic acids is 1. The number of H-pyrrole nitrogens is 1. The normalized spacial score (nSPS) is 10.8. The van der Waals surface area contributed by atoms with Crippen molar-refractivity contribution >= 4 is 5.97 Å². The summed E-state index contributed by atoms with van der Waals surface area (Å²) in [7, 11) is 1.67. The standard InChI is InChI=1S/C15H14N4O3/c1-9-8-16-15(22)19(9)12-6-4-3-5-10(12)13-7-11(14(20)21)17-18(13)2/h3-8H,1-2H3,(H,16,22)(H,20,21). The lowest BCUT2D eigenvalue weighted by Crippen LogP contribution is -2.17. The van der Waals surface area contributed by atoms with Gasteiger partial charge in [-0.1, -0.05) is 18.2 Å². The molecular weight excluding hydrogens is 284 g/mol. The summed E-state index contributed by atoms with van der Waals surface area (Å²) in [4.78, 5) is 25.7. The molecule has 0 unspecified atom stereocenters. The molecular formula is C15H14N4O3. The summed E-state index contributed by atoms with van der Waals surface area (Å²) in [5.74, 6) is -1.09. The molecule has 2 heterocycles. The Morgan fingerprint density at radius 2 is 2.05 bits per heavy atom. The third-order valence-corrected chi connectivity index (χ3v) is 3.48. The first-order valence-electron chi connectivity index (χ1n) is 6.63. The lowest BCUT2D eigenvalue weighted by Gasteiger charge is -2.11. The van der Waals surface area contributed by atoms with Crippen molar-refractivity contribution in [2.24, 2.45) is 7.05 Å². The average molecular weight is 298 g/mol. The van der Waals surface area contributed by atoms with E-state index in [9.17, 15) is 9.59 Å². The maximum Gasteiger partial charge on any atom is 0.356 e. The quantitative estimate of drug-likeness (QED) is 0.767. The molecule has 0 amide bonds. The molecule has 0 fully saturated rings. The molecule has 7 heteroatoms. The number of carbonyl (C=O) groups is 1. The van der Waals surface area contributed by atoms with E-state index >= 15 is 0 Å². The average Bonchev–Trinajstić information content (AvgIpc) is 3.02. The molecule has 7 nitrogen and oxygen atoms in total. The predicted octanol–water partition coefficient (Wildman–Crippen LogP) is 1.57. The van der Waals surface area contributed by atoms with Crippen LogP contribution in [-0.2, 0) is 7.05 Å². The Morgan fingerprint density at radius 3 is 2.64 bits per heavy atom. The number of imidazole rings is 1. The fourth-order valence-electron chi connectivity index (χ4n) is 2.46. The molecule has 0 saturated carbocycles. The molecule has 0 aliphatic heterocycles. The molecule has 0 radical (unpaired) electrons. The number of aromatic carboxylic acids is 1. The Balaban J connectivity index is 2.26. The zero-order valence-corrected chi connectivity index (χ0v) is 12.1. The van der Waals surface area contributed by atoms with E-state index in [4.69, 9.17) is 5.11 Å². The van der Waals surface area contributed by atoms with Crippen LogP contribution in [0.25, 0.3) is 16.9 Å². The first-order chi connectivity index (χ1) is 10.5. The van der Waals surface area contributed by atoms with Gasteiger partial charge in [0.15, 0.2) is 5.69 Å². The van der Waals surface area contributed by atoms with Crippen LogP contribution >= 0.6 is 0 Å². The molecule has 3 rings (SSSR count). The smallest absolute Gasteiger partial charge is 0.356 e. The monoisotopic (exact) mass is 298 g/mol. The van der Waals surface area contributed by atoms with Gasteiger partial charge in [0.25, 0.3) is 0 Å². The van der Waals surface area contributed by atoms with E-state index in [2.05, 4.69) is 10.1 Å². The van der Waals surface area contributed by atoms with Crippen LogP contribution in [0.4, 0.5) is 0 Å². The molecule has 0 aliphatic rings. The Hall–Kier alpha value is -3.09. The molecule has 1 aromatic carbocycles. The summed E-state index contributed by atoms with van der Waals surface area (Å²) in [6.07, 6.45) is 1.63. The number of carboxylic acid groups (broad SMARTS) is 1. The number of hydrogen-bond donors (Lipinski definition) is 2. The van der Waals surface area contributed by atoms with E-state index in [-0.39, 0.29) is 11.4 Å². The molecule has 0 spiro atoms. The zero-order chi connectivity index (χ0) is 15.9. The first kappa shape index (κ1) is 13.9. The predicted molar refractivity (Wildman–Crippen MR) is 80.3 cm³/mol. The van der Waals surface area contributed by atoms with Crippen molar-refractivity contribution in [3.05, 3.63) is 58.4 Å². The summed E-state index contributed by atoms with van der Waals surface area (Å²) in [6.45, 7) is 1.82. The molecule has 2 aromatic heterocycles. The highest BCUT2D eigenvalue weighted by atomic mass is 16.4. The Bertz CT molecular complexity index is 917. The Kier molecular flexibility index (Phi) is 3.17. The summed E-state index contributed by atoms with van der Waals surface area (Å²) in [6, 6.07) is 8.79. The number of rotatable bonds is 3. The highest BCUT2D eigenvalue weighted by molar-refractivity contribution is 5.87. The van der Waals surface area contributed by atoms with Crippen LogP contribution in [0.2, 0.25) is 0 Å². The van der Waals surface area contributed by atoms with Crippen molar-refractivity contribution < 1.29 is 9.90 Å². The Morgan fingerprint density at radius 1 is 1.32 bits per heavy atom. The molecule has 0 aliphatic carbocycles. The van der Waals surface area contributed by atoms with Crippen molar-refractivity contribution in [3.63, 3.8) is 0 Å². The fraction of sp³-hybridized carbons (Fsp3) is 0.133.